The zero-order valence-electron chi connectivity index (χ0n) is 14.6. The first-order valence-corrected chi connectivity index (χ1v) is 9.47. The summed E-state index contributed by atoms with van der Waals surface area (Å²) in [6.45, 7) is 9.36. The maximum Gasteiger partial charge on any atom is 0.264 e. The van der Waals surface area contributed by atoms with E-state index in [4.69, 9.17) is 9.72 Å². The van der Waals surface area contributed by atoms with E-state index in [2.05, 4.69) is 4.98 Å². The summed E-state index contributed by atoms with van der Waals surface area (Å²) in [5.41, 5.74) is 2.02. The van der Waals surface area contributed by atoms with E-state index in [0.29, 0.717) is 19.1 Å². The van der Waals surface area contributed by atoms with Gasteiger partial charge in [0.25, 0.3) is 5.91 Å². The van der Waals surface area contributed by atoms with Crippen molar-refractivity contribution in [1.82, 2.24) is 14.9 Å². The molecular formula is C18H23N3O2S. The topological polar surface area (TPSA) is 55.3 Å². The van der Waals surface area contributed by atoms with Crippen LogP contribution in [0.1, 0.15) is 59.4 Å². The largest absolute Gasteiger partial charge is 0.375 e. The Morgan fingerprint density at radius 1 is 1.25 bits per heavy atom. The van der Waals surface area contributed by atoms with Crippen LogP contribution in [0.15, 0.2) is 0 Å². The van der Waals surface area contributed by atoms with Gasteiger partial charge in [-0.25, -0.2) is 9.97 Å². The van der Waals surface area contributed by atoms with Gasteiger partial charge in [0, 0.05) is 17.8 Å². The number of nitrogens with zero attached hydrogens (tertiary/aromatic N) is 3. The van der Waals surface area contributed by atoms with Crippen LogP contribution in [0, 0.1) is 13.8 Å². The van der Waals surface area contributed by atoms with E-state index in [1.807, 2.05) is 32.6 Å². The summed E-state index contributed by atoms with van der Waals surface area (Å²) in [5, 5.41) is 1.06. The molecule has 128 valence electrons. The van der Waals surface area contributed by atoms with Gasteiger partial charge in [0.15, 0.2) is 0 Å². The highest BCUT2D eigenvalue weighted by atomic mass is 32.1. The minimum Gasteiger partial charge on any atom is -0.375 e. The molecule has 24 heavy (non-hydrogen) atoms. The summed E-state index contributed by atoms with van der Waals surface area (Å²) in [4.78, 5) is 26.3. The molecule has 1 aliphatic heterocycles. The number of morpholine rings is 1. The van der Waals surface area contributed by atoms with Gasteiger partial charge >= 0.3 is 0 Å². The molecule has 3 heterocycles. The quantitative estimate of drug-likeness (QED) is 0.837. The lowest BCUT2D eigenvalue weighted by atomic mass is 10.1. The SMILES string of the molecule is Cc1nc(C2CC2)nc2sc(C(=O)N3CC(C)OCC3C)c(C)c12. The second-order valence-corrected chi connectivity index (χ2v) is 8.13. The van der Waals surface area contributed by atoms with E-state index in [1.165, 1.54) is 24.2 Å². The van der Waals surface area contributed by atoms with Crippen LogP contribution in [0.3, 0.4) is 0 Å². The van der Waals surface area contributed by atoms with Crippen molar-refractivity contribution in [1.29, 1.82) is 0 Å². The maximum absolute atomic E-state index is 13.1. The van der Waals surface area contributed by atoms with Gasteiger partial charge in [-0.15, -0.1) is 11.3 Å². The number of thiophene rings is 1. The fraction of sp³-hybridized carbons (Fsp3) is 0.611. The zero-order chi connectivity index (χ0) is 17.0. The Morgan fingerprint density at radius 2 is 2.00 bits per heavy atom. The molecule has 1 saturated heterocycles. The Hall–Kier alpha value is -1.53. The summed E-state index contributed by atoms with van der Waals surface area (Å²) in [6.07, 6.45) is 2.46. The Kier molecular flexibility index (Phi) is 3.84. The molecule has 2 aromatic rings. The van der Waals surface area contributed by atoms with Crippen molar-refractivity contribution in [3.8, 4) is 0 Å². The summed E-state index contributed by atoms with van der Waals surface area (Å²) in [7, 11) is 0. The third-order valence-electron chi connectivity index (χ3n) is 4.99. The third kappa shape index (κ3) is 2.62. The molecule has 0 aromatic carbocycles. The van der Waals surface area contributed by atoms with Crippen molar-refractivity contribution in [2.45, 2.75) is 58.6 Å². The standard InChI is InChI=1S/C18H23N3O2S/c1-9-8-23-10(2)7-21(9)18(22)15-11(3)14-12(4)19-16(13-5-6-13)20-17(14)24-15/h9-10,13H,5-8H2,1-4H3. The molecule has 2 aliphatic rings. The van der Waals surface area contributed by atoms with Gasteiger partial charge in [0.05, 0.1) is 29.3 Å². The first-order valence-electron chi connectivity index (χ1n) is 8.66. The van der Waals surface area contributed by atoms with Crippen LogP contribution in [-0.2, 0) is 4.74 Å². The summed E-state index contributed by atoms with van der Waals surface area (Å²) >= 11 is 1.52. The van der Waals surface area contributed by atoms with Crippen molar-refractivity contribution in [3.63, 3.8) is 0 Å². The maximum atomic E-state index is 13.1. The third-order valence-corrected chi connectivity index (χ3v) is 6.17. The average molecular weight is 345 g/mol. The zero-order valence-corrected chi connectivity index (χ0v) is 15.4. The Balaban J connectivity index is 1.74. The summed E-state index contributed by atoms with van der Waals surface area (Å²) < 4.78 is 5.65. The van der Waals surface area contributed by atoms with E-state index in [0.717, 1.165) is 32.2 Å². The highest BCUT2D eigenvalue weighted by Gasteiger charge is 2.32. The lowest BCUT2D eigenvalue weighted by molar-refractivity contribution is -0.0385. The van der Waals surface area contributed by atoms with Crippen LogP contribution in [0.5, 0.6) is 0 Å². The first-order chi connectivity index (χ1) is 11.5. The van der Waals surface area contributed by atoms with Crippen molar-refractivity contribution in [3.05, 3.63) is 22.0 Å². The van der Waals surface area contributed by atoms with Gasteiger partial charge in [0.1, 0.15) is 10.7 Å². The molecule has 0 spiro atoms. The van der Waals surface area contributed by atoms with Crippen LogP contribution in [0.2, 0.25) is 0 Å². The predicted octanol–water partition coefficient (Wildman–Crippen LogP) is 3.43. The molecule has 4 rings (SSSR count). The van der Waals surface area contributed by atoms with Gasteiger partial charge in [-0.05, 0) is 46.1 Å². The lowest BCUT2D eigenvalue weighted by Crippen LogP contribution is -2.50. The predicted molar refractivity (Wildman–Crippen MR) is 94.8 cm³/mol. The van der Waals surface area contributed by atoms with Crippen LogP contribution >= 0.6 is 11.3 Å². The van der Waals surface area contributed by atoms with Gasteiger partial charge in [0.2, 0.25) is 0 Å². The normalized spacial score (nSPS) is 24.6. The van der Waals surface area contributed by atoms with Crippen LogP contribution in [0.4, 0.5) is 0 Å². The highest BCUT2D eigenvalue weighted by molar-refractivity contribution is 7.20. The number of fused-ring (bicyclic) bond motifs is 1. The van der Waals surface area contributed by atoms with Gasteiger partial charge in [-0.3, -0.25) is 4.79 Å². The van der Waals surface area contributed by atoms with Crippen LogP contribution in [-0.4, -0.2) is 46.1 Å². The molecule has 0 radical (unpaired) electrons. The second kappa shape index (κ2) is 5.77. The molecule has 6 heteroatoms. The number of hydrogen-bond acceptors (Lipinski definition) is 5. The van der Waals surface area contributed by atoms with Crippen molar-refractivity contribution >= 4 is 27.5 Å². The molecule has 2 fully saturated rings. The number of amides is 1. The average Bonchev–Trinajstić information content (AvgIpc) is 3.33. The fourth-order valence-corrected chi connectivity index (χ4v) is 4.60. The number of aromatic nitrogens is 2. The molecule has 1 amide bonds. The minimum atomic E-state index is 0.0860. The van der Waals surface area contributed by atoms with E-state index in [-0.39, 0.29) is 18.1 Å². The smallest absolute Gasteiger partial charge is 0.264 e. The molecule has 1 aliphatic carbocycles. The monoisotopic (exact) mass is 345 g/mol. The minimum absolute atomic E-state index is 0.0860. The Bertz CT molecular complexity index is 812. The number of ether oxygens (including phenoxy) is 1. The molecular weight excluding hydrogens is 322 g/mol. The van der Waals surface area contributed by atoms with Gasteiger partial charge < -0.3 is 9.64 Å². The molecule has 2 unspecified atom stereocenters. The molecule has 0 N–H and O–H groups in total. The Labute approximate surface area is 146 Å². The number of carbonyl (C=O) groups is 1. The number of carbonyl (C=O) groups excluding carboxylic acids is 1. The first kappa shape index (κ1) is 16.0. The summed E-state index contributed by atoms with van der Waals surface area (Å²) in [6, 6.07) is 0.104. The lowest BCUT2D eigenvalue weighted by Gasteiger charge is -2.36. The molecule has 2 aromatic heterocycles. The number of hydrogen-bond donors (Lipinski definition) is 0. The fourth-order valence-electron chi connectivity index (χ4n) is 3.40. The molecule has 0 bridgehead atoms. The van der Waals surface area contributed by atoms with E-state index >= 15 is 0 Å². The van der Waals surface area contributed by atoms with Crippen LogP contribution < -0.4 is 0 Å². The molecule has 1 saturated carbocycles. The number of aryl methyl sites for hydroxylation is 2. The summed E-state index contributed by atoms with van der Waals surface area (Å²) in [5.74, 6) is 1.58. The van der Waals surface area contributed by atoms with Crippen molar-refractivity contribution < 1.29 is 9.53 Å². The molecule has 2 atom stereocenters. The highest BCUT2D eigenvalue weighted by Crippen LogP contribution is 2.40. The van der Waals surface area contributed by atoms with Crippen molar-refractivity contribution in [2.24, 2.45) is 0 Å². The number of rotatable bonds is 2. The van der Waals surface area contributed by atoms with Gasteiger partial charge in [-0.2, -0.15) is 0 Å². The van der Waals surface area contributed by atoms with Gasteiger partial charge in [-0.1, -0.05) is 0 Å². The molecule has 5 nitrogen and oxygen atoms in total. The van der Waals surface area contributed by atoms with E-state index in [9.17, 15) is 4.79 Å². The second-order valence-electron chi connectivity index (χ2n) is 7.13. The van der Waals surface area contributed by atoms with Crippen molar-refractivity contribution in [2.75, 3.05) is 13.2 Å². The van der Waals surface area contributed by atoms with E-state index in [1.54, 1.807) is 0 Å². The van der Waals surface area contributed by atoms with Crippen LogP contribution in [0.25, 0.3) is 10.2 Å². The van der Waals surface area contributed by atoms with E-state index < -0.39 is 0 Å². The Morgan fingerprint density at radius 3 is 2.71 bits per heavy atom.